The minimum Gasteiger partial charge on any atom is -0.494 e. The molecule has 2 aromatic carbocycles. The standard InChI is InChI=1S/C56H89N5O12.C2H6/c1-37(2)59-45(63)42(50(6,7)8)33-51(9,10)53(13,14)56(18,48(65)58-26-20-28-71-40-22-24-44(61(68)69)41(32-40)46-72-29-30-73-46)36-52(11,12)54(15,16)55(17,35-49(3,4)5)47(64)57-25-19-27-70-39-21-23-43(60(66)67)38(31-39)34-62;1-2/h21-24,31-32,34,37,42,46H,19-20,25-30,33,35-36H2,1-18H3,(H,57,64)(H,58,65)(H,59,63);1-2H3. The van der Waals surface area contributed by atoms with Gasteiger partial charge in [-0.15, -0.1) is 0 Å². The Morgan fingerprint density at radius 3 is 1.55 bits per heavy atom. The molecule has 17 nitrogen and oxygen atoms in total. The second-order valence-electron chi connectivity index (χ2n) is 25.4. The molecule has 1 saturated heterocycles. The zero-order valence-corrected chi connectivity index (χ0v) is 49.3. The fraction of sp³-hybridized carbons (Fsp3) is 0.724. The van der Waals surface area contributed by atoms with Crippen LogP contribution in [0.15, 0.2) is 36.4 Å². The quantitative estimate of drug-likeness (QED) is 0.0329. The molecule has 3 amide bonds. The molecule has 0 bridgehead atoms. The lowest BCUT2D eigenvalue weighted by atomic mass is 9.43. The number of hydrogen-bond acceptors (Lipinski definition) is 12. The average molecular weight is 1050 g/mol. The number of nitro groups is 2. The maximum absolute atomic E-state index is 15.4. The summed E-state index contributed by atoms with van der Waals surface area (Å²) >= 11 is 0. The molecule has 75 heavy (non-hydrogen) atoms. The van der Waals surface area contributed by atoms with Gasteiger partial charge >= 0.3 is 0 Å². The Labute approximate surface area is 448 Å². The molecule has 3 unspecified atom stereocenters. The number of nitrogens with zero attached hydrogens (tertiary/aromatic N) is 2. The Balaban J connectivity index is 0.00000950. The normalized spacial score (nSPS) is 15.9. The summed E-state index contributed by atoms with van der Waals surface area (Å²) in [5.74, 6) is -0.00652. The Morgan fingerprint density at radius 1 is 0.680 bits per heavy atom. The van der Waals surface area contributed by atoms with Gasteiger partial charge in [-0.3, -0.25) is 39.4 Å². The molecule has 3 atom stereocenters. The summed E-state index contributed by atoms with van der Waals surface area (Å²) in [6.45, 7) is 43.2. The van der Waals surface area contributed by atoms with Crippen molar-refractivity contribution >= 4 is 35.4 Å². The first-order chi connectivity index (χ1) is 34.4. The Morgan fingerprint density at radius 2 is 1.12 bits per heavy atom. The highest BCUT2D eigenvalue weighted by molar-refractivity contribution is 5.85. The van der Waals surface area contributed by atoms with E-state index in [0.29, 0.717) is 63.1 Å². The number of carbonyl (C=O) groups is 4. The molecule has 0 saturated carbocycles. The average Bonchev–Trinajstić information content (AvgIpc) is 3.84. The smallest absolute Gasteiger partial charge is 0.280 e. The highest BCUT2D eigenvalue weighted by Crippen LogP contribution is 2.64. The van der Waals surface area contributed by atoms with Crippen molar-refractivity contribution in [2.24, 2.45) is 49.2 Å². The molecule has 3 rings (SSSR count). The number of hydrogen-bond donors (Lipinski definition) is 3. The molecule has 0 radical (unpaired) electrons. The van der Waals surface area contributed by atoms with Crippen LogP contribution in [0, 0.1) is 69.5 Å². The first-order valence-electron chi connectivity index (χ1n) is 26.8. The number of ether oxygens (including phenoxy) is 4. The number of nitrogens with one attached hydrogen (secondary N) is 3. The zero-order valence-electron chi connectivity index (χ0n) is 49.3. The van der Waals surface area contributed by atoms with Crippen LogP contribution in [-0.4, -0.2) is 79.4 Å². The van der Waals surface area contributed by atoms with Crippen LogP contribution in [-0.2, 0) is 23.9 Å². The van der Waals surface area contributed by atoms with E-state index in [-0.39, 0.29) is 83.9 Å². The number of carbonyl (C=O) groups excluding carboxylic acids is 4. The van der Waals surface area contributed by atoms with Gasteiger partial charge in [0, 0.05) is 37.2 Å². The van der Waals surface area contributed by atoms with Crippen molar-refractivity contribution in [2.45, 2.75) is 183 Å². The summed E-state index contributed by atoms with van der Waals surface area (Å²) in [6.07, 6.45) is 1.77. The molecule has 2 aromatic rings. The van der Waals surface area contributed by atoms with Crippen molar-refractivity contribution in [3.05, 3.63) is 67.8 Å². The number of nitro benzene ring substituents is 2. The van der Waals surface area contributed by atoms with E-state index in [1.54, 1.807) is 6.07 Å². The van der Waals surface area contributed by atoms with Crippen molar-refractivity contribution in [3.63, 3.8) is 0 Å². The summed E-state index contributed by atoms with van der Waals surface area (Å²) in [6, 6.07) is 8.41. The second-order valence-corrected chi connectivity index (χ2v) is 25.4. The van der Waals surface area contributed by atoms with Gasteiger partial charge in [0.1, 0.15) is 11.5 Å². The molecular formula is C58H95N5O12. The summed E-state index contributed by atoms with van der Waals surface area (Å²) in [5, 5.41) is 32.7. The predicted molar refractivity (Wildman–Crippen MR) is 295 cm³/mol. The van der Waals surface area contributed by atoms with Crippen LogP contribution >= 0.6 is 0 Å². The van der Waals surface area contributed by atoms with Gasteiger partial charge in [0.25, 0.3) is 11.4 Å². The Kier molecular flexibility index (Phi) is 23.1. The maximum atomic E-state index is 15.4. The number of rotatable bonds is 27. The van der Waals surface area contributed by atoms with Crippen LogP contribution in [0.1, 0.15) is 193 Å². The third-order valence-corrected chi connectivity index (χ3v) is 16.5. The fourth-order valence-electron chi connectivity index (χ4n) is 10.5. The van der Waals surface area contributed by atoms with Crippen LogP contribution in [0.25, 0.3) is 0 Å². The lowest BCUT2D eigenvalue weighted by Gasteiger charge is -2.60. The van der Waals surface area contributed by atoms with E-state index >= 15 is 4.79 Å². The number of aldehydes is 1. The molecule has 3 N–H and O–H groups in total. The van der Waals surface area contributed by atoms with Crippen molar-refractivity contribution in [1.29, 1.82) is 0 Å². The zero-order chi connectivity index (χ0) is 57.8. The van der Waals surface area contributed by atoms with Gasteiger partial charge in [-0.05, 0) is 103 Å². The minimum atomic E-state index is -1.10. The van der Waals surface area contributed by atoms with E-state index in [2.05, 4.69) is 113 Å². The van der Waals surface area contributed by atoms with Gasteiger partial charge in [-0.25, -0.2) is 0 Å². The van der Waals surface area contributed by atoms with Gasteiger partial charge in [0.2, 0.25) is 17.7 Å². The van der Waals surface area contributed by atoms with Crippen LogP contribution in [0.5, 0.6) is 11.5 Å². The SMILES string of the molecule is CC.CC(C)NC(=O)C(CC(C)(C)C(C)(C)C(C)(CC(C)(C)C(C)(C)C(C)(CC(C)(C)C)C(=O)NCCCOc1ccc([N+](=O)[O-])c(C=O)c1)C(=O)NCCCOc1ccc([N+](=O)[O-])c(C2OCCO2)c1)C(C)(C)C. The van der Waals surface area contributed by atoms with E-state index in [4.69, 9.17) is 18.9 Å². The molecule has 0 aliphatic carbocycles. The van der Waals surface area contributed by atoms with E-state index < -0.39 is 54.0 Å². The molecular weight excluding hydrogens is 959 g/mol. The van der Waals surface area contributed by atoms with Gasteiger partial charge in [0.15, 0.2) is 12.6 Å². The van der Waals surface area contributed by atoms with E-state index in [1.165, 1.54) is 30.3 Å². The van der Waals surface area contributed by atoms with E-state index in [0.717, 1.165) is 0 Å². The van der Waals surface area contributed by atoms with Gasteiger partial charge < -0.3 is 34.9 Å². The summed E-state index contributed by atoms with van der Waals surface area (Å²) in [7, 11) is 0. The molecule has 1 fully saturated rings. The Hall–Kier alpha value is -5.16. The van der Waals surface area contributed by atoms with Crippen molar-refractivity contribution in [3.8, 4) is 11.5 Å². The molecule has 1 aliphatic heterocycles. The molecule has 0 aromatic heterocycles. The maximum Gasteiger partial charge on any atom is 0.280 e. The van der Waals surface area contributed by atoms with Crippen LogP contribution in [0.3, 0.4) is 0 Å². The van der Waals surface area contributed by atoms with Gasteiger partial charge in [-0.1, -0.05) is 125 Å². The van der Waals surface area contributed by atoms with Gasteiger partial charge in [-0.2, -0.15) is 0 Å². The summed E-state index contributed by atoms with van der Waals surface area (Å²) < 4.78 is 23.0. The monoisotopic (exact) mass is 1050 g/mol. The largest absolute Gasteiger partial charge is 0.494 e. The lowest BCUT2D eigenvalue weighted by Crippen LogP contribution is -2.61. The highest BCUT2D eigenvalue weighted by Gasteiger charge is 2.62. The van der Waals surface area contributed by atoms with Crippen LogP contribution in [0.2, 0.25) is 0 Å². The minimum absolute atomic E-state index is 0.0312. The lowest BCUT2D eigenvalue weighted by molar-refractivity contribution is -0.386. The highest BCUT2D eigenvalue weighted by atomic mass is 16.7. The summed E-state index contributed by atoms with van der Waals surface area (Å²) in [4.78, 5) is 77.8. The third-order valence-electron chi connectivity index (χ3n) is 16.5. The van der Waals surface area contributed by atoms with Gasteiger partial charge in [0.05, 0.1) is 58.2 Å². The molecule has 1 aliphatic rings. The van der Waals surface area contributed by atoms with E-state index in [9.17, 15) is 34.6 Å². The Bertz CT molecular complexity index is 2270. The van der Waals surface area contributed by atoms with E-state index in [1.807, 2.05) is 41.5 Å². The van der Waals surface area contributed by atoms with Crippen molar-refractivity contribution in [2.75, 3.05) is 39.5 Å². The van der Waals surface area contributed by atoms with Crippen LogP contribution < -0.4 is 25.4 Å². The summed E-state index contributed by atoms with van der Waals surface area (Å²) in [5.41, 5.74) is -5.82. The number of benzene rings is 2. The molecule has 1 heterocycles. The first-order valence-corrected chi connectivity index (χ1v) is 26.8. The number of amides is 3. The topological polar surface area (TPSA) is 228 Å². The van der Waals surface area contributed by atoms with Crippen LogP contribution in [0.4, 0.5) is 11.4 Å². The fourth-order valence-corrected chi connectivity index (χ4v) is 10.5. The molecule has 17 heteroatoms. The predicted octanol–water partition coefficient (Wildman–Crippen LogP) is 12.4. The second kappa shape index (κ2) is 26.3. The van der Waals surface area contributed by atoms with Crippen molar-refractivity contribution in [1.82, 2.24) is 16.0 Å². The third kappa shape index (κ3) is 16.4. The van der Waals surface area contributed by atoms with Crippen molar-refractivity contribution < 1.29 is 48.0 Å². The molecule has 424 valence electrons. The molecule has 0 spiro atoms. The first kappa shape index (κ1) is 66.0.